The minimum absolute atomic E-state index is 0. The van der Waals surface area contributed by atoms with Crippen LogP contribution in [0.4, 0.5) is 0 Å². The van der Waals surface area contributed by atoms with Gasteiger partial charge in [-0.25, -0.2) is 7.11 Å². The van der Waals surface area contributed by atoms with E-state index in [1.54, 1.807) is 0 Å². The fourth-order valence-electron chi connectivity index (χ4n) is 0.692. The maximum absolute atomic E-state index is 4.68. The van der Waals surface area contributed by atoms with Crippen molar-refractivity contribution in [2.24, 2.45) is 0 Å². The Hall–Kier alpha value is 0.0501. The van der Waals surface area contributed by atoms with Crippen LogP contribution in [0.5, 0.6) is 0 Å². The fourth-order valence-corrected chi connectivity index (χ4v) is 0.692. The SMILES string of the molecule is [CH2-]OCc1ccccc1.[CH3-].[CH3-].[CH3-].[Hf+4]. The van der Waals surface area contributed by atoms with E-state index in [0.29, 0.717) is 6.61 Å². The molecule has 0 N–H and O–H groups in total. The van der Waals surface area contributed by atoms with Crippen LogP contribution in [0.3, 0.4) is 0 Å². The Labute approximate surface area is 102 Å². The minimum Gasteiger partial charge on any atom is -0.552 e. The Morgan fingerprint density at radius 3 is 1.85 bits per heavy atom. The van der Waals surface area contributed by atoms with Crippen LogP contribution in [0.2, 0.25) is 0 Å². The molecule has 2 heteroatoms. The molecule has 0 saturated heterocycles. The van der Waals surface area contributed by atoms with E-state index in [0.717, 1.165) is 5.56 Å². The van der Waals surface area contributed by atoms with Gasteiger partial charge in [0, 0.05) is 6.61 Å². The Balaban J connectivity index is -0.000000101. The third kappa shape index (κ3) is 9.97. The summed E-state index contributed by atoms with van der Waals surface area (Å²) in [6.45, 7) is 0.598. The molecule has 0 aliphatic heterocycles. The van der Waals surface area contributed by atoms with Gasteiger partial charge in [-0.1, -0.05) is 30.3 Å². The van der Waals surface area contributed by atoms with E-state index in [-0.39, 0.29) is 48.1 Å². The molecule has 0 atom stereocenters. The van der Waals surface area contributed by atoms with Crippen molar-refractivity contribution in [3.05, 3.63) is 65.3 Å². The van der Waals surface area contributed by atoms with Gasteiger partial charge in [-0.05, 0) is 5.56 Å². The molecule has 0 heterocycles. The molecule has 0 aliphatic rings. The standard InChI is InChI=1S/C8H9O.3CH3.Hf/c1-9-7-8-5-3-2-4-6-8;;;;/h2-6H,1,7H2;3*1H3;/q4*-1;+4. The van der Waals surface area contributed by atoms with Crippen LogP contribution in [-0.4, -0.2) is 0 Å². The van der Waals surface area contributed by atoms with E-state index < -0.39 is 0 Å². The molecule has 0 saturated carbocycles. The van der Waals surface area contributed by atoms with Gasteiger partial charge in [0.15, 0.2) is 0 Å². The van der Waals surface area contributed by atoms with Crippen LogP contribution < -0.4 is 0 Å². The number of benzene rings is 1. The van der Waals surface area contributed by atoms with Crippen molar-refractivity contribution in [1.29, 1.82) is 0 Å². The first-order valence-electron chi connectivity index (χ1n) is 2.84. The smallest absolute Gasteiger partial charge is 0.552 e. The van der Waals surface area contributed by atoms with Crippen LogP contribution in [0.25, 0.3) is 0 Å². The topological polar surface area (TPSA) is 9.23 Å². The summed E-state index contributed by atoms with van der Waals surface area (Å²) in [7, 11) is 3.28. The van der Waals surface area contributed by atoms with Crippen molar-refractivity contribution in [2.75, 3.05) is 0 Å². The average molecular weight is 345 g/mol. The molecule has 1 rings (SSSR count). The molecule has 1 aromatic rings. The molecule has 0 radical (unpaired) electrons. The number of hydrogen-bond acceptors (Lipinski definition) is 1. The monoisotopic (exact) mass is 346 g/mol. The van der Waals surface area contributed by atoms with Crippen molar-refractivity contribution in [3.63, 3.8) is 0 Å². The minimum atomic E-state index is 0. The first-order chi connectivity index (χ1) is 4.43. The molecule has 0 aromatic heterocycles. The van der Waals surface area contributed by atoms with Gasteiger partial charge in [-0.2, -0.15) is 0 Å². The van der Waals surface area contributed by atoms with E-state index in [1.165, 1.54) is 0 Å². The van der Waals surface area contributed by atoms with E-state index in [9.17, 15) is 0 Å². The van der Waals surface area contributed by atoms with E-state index >= 15 is 0 Å². The van der Waals surface area contributed by atoms with Gasteiger partial charge in [0.2, 0.25) is 0 Å². The molecule has 13 heavy (non-hydrogen) atoms. The van der Waals surface area contributed by atoms with Crippen LogP contribution in [-0.2, 0) is 37.2 Å². The van der Waals surface area contributed by atoms with Crippen LogP contribution >= 0.6 is 0 Å². The molecular formula is C11H18HfO. The average Bonchev–Trinajstić information content (AvgIpc) is 1.91. The summed E-state index contributed by atoms with van der Waals surface area (Å²) in [6.07, 6.45) is 0. The molecule has 0 aliphatic carbocycles. The molecule has 0 unspecified atom stereocenters. The summed E-state index contributed by atoms with van der Waals surface area (Å²) < 4.78 is 4.68. The molecular weight excluding hydrogens is 327 g/mol. The van der Waals surface area contributed by atoms with Gasteiger partial charge in [0.25, 0.3) is 0 Å². The maximum Gasteiger partial charge on any atom is 4.00 e. The Morgan fingerprint density at radius 1 is 1.00 bits per heavy atom. The van der Waals surface area contributed by atoms with Gasteiger partial charge < -0.3 is 27.0 Å². The van der Waals surface area contributed by atoms with Gasteiger partial charge in [-0.15, -0.1) is 0 Å². The molecule has 72 valence electrons. The van der Waals surface area contributed by atoms with Gasteiger partial charge >= 0.3 is 25.8 Å². The number of hydrogen-bond donors (Lipinski definition) is 0. The van der Waals surface area contributed by atoms with E-state index in [2.05, 4.69) is 11.8 Å². The van der Waals surface area contributed by atoms with Crippen molar-refractivity contribution in [1.82, 2.24) is 0 Å². The van der Waals surface area contributed by atoms with E-state index in [4.69, 9.17) is 0 Å². The first-order valence-corrected chi connectivity index (χ1v) is 2.84. The van der Waals surface area contributed by atoms with Crippen LogP contribution in [0.15, 0.2) is 30.3 Å². The largest absolute Gasteiger partial charge is 4.00 e. The quantitative estimate of drug-likeness (QED) is 0.590. The second kappa shape index (κ2) is 14.6. The second-order valence-electron chi connectivity index (χ2n) is 1.83. The van der Waals surface area contributed by atoms with Crippen molar-refractivity contribution >= 4 is 0 Å². The first kappa shape index (κ1) is 23.1. The van der Waals surface area contributed by atoms with E-state index in [1.807, 2.05) is 30.3 Å². The van der Waals surface area contributed by atoms with Crippen molar-refractivity contribution in [2.45, 2.75) is 6.61 Å². The molecule has 1 aromatic carbocycles. The molecule has 1 nitrogen and oxygen atoms in total. The second-order valence-corrected chi connectivity index (χ2v) is 1.83. The Morgan fingerprint density at radius 2 is 1.46 bits per heavy atom. The summed E-state index contributed by atoms with van der Waals surface area (Å²) in [5, 5.41) is 0. The Kier molecular flexibility index (Phi) is 25.9. The van der Waals surface area contributed by atoms with Gasteiger partial charge in [0.05, 0.1) is 0 Å². The summed E-state index contributed by atoms with van der Waals surface area (Å²) in [4.78, 5) is 0. The van der Waals surface area contributed by atoms with Gasteiger partial charge in [0.1, 0.15) is 0 Å². The summed E-state index contributed by atoms with van der Waals surface area (Å²) >= 11 is 0. The fraction of sp³-hybridized carbons (Fsp3) is 0.0909. The zero-order valence-corrected chi connectivity index (χ0v) is 12.3. The summed E-state index contributed by atoms with van der Waals surface area (Å²) in [6, 6.07) is 9.95. The maximum atomic E-state index is 4.68. The zero-order valence-electron chi connectivity index (χ0n) is 8.71. The normalized spacial score (nSPS) is 6.54. The Bertz CT molecular complexity index is 163. The van der Waals surface area contributed by atoms with Gasteiger partial charge in [-0.3, -0.25) is 0 Å². The number of ether oxygens (including phenoxy) is 1. The van der Waals surface area contributed by atoms with Crippen LogP contribution in [0, 0.1) is 29.4 Å². The molecule has 0 amide bonds. The van der Waals surface area contributed by atoms with Crippen molar-refractivity contribution in [3.8, 4) is 0 Å². The predicted molar refractivity (Wildman–Crippen MR) is 55.8 cm³/mol. The molecule has 0 fully saturated rings. The molecule has 0 spiro atoms. The number of rotatable bonds is 2. The van der Waals surface area contributed by atoms with Crippen molar-refractivity contribution < 1.29 is 30.6 Å². The molecule has 0 bridgehead atoms. The predicted octanol–water partition coefficient (Wildman–Crippen LogP) is 3.34. The zero-order chi connectivity index (χ0) is 6.53. The third-order valence-corrected chi connectivity index (χ3v) is 1.11. The summed E-state index contributed by atoms with van der Waals surface area (Å²) in [5.41, 5.74) is 1.16. The van der Waals surface area contributed by atoms with Crippen LogP contribution in [0.1, 0.15) is 5.56 Å². The summed E-state index contributed by atoms with van der Waals surface area (Å²) in [5.74, 6) is 0. The third-order valence-electron chi connectivity index (χ3n) is 1.11.